The van der Waals surface area contributed by atoms with E-state index in [4.69, 9.17) is 11.6 Å². The fourth-order valence-electron chi connectivity index (χ4n) is 3.81. The van der Waals surface area contributed by atoms with Gasteiger partial charge in [-0.1, -0.05) is 18.5 Å². The van der Waals surface area contributed by atoms with Crippen molar-refractivity contribution in [2.45, 2.75) is 26.2 Å². The van der Waals surface area contributed by atoms with Gasteiger partial charge in [-0.15, -0.1) is 4.83 Å². The molecule has 0 bridgehead atoms. The Balaban J connectivity index is 1.67. The van der Waals surface area contributed by atoms with Gasteiger partial charge in [0.25, 0.3) is 5.91 Å². The lowest BCUT2D eigenvalue weighted by Gasteiger charge is -2.31. The third-order valence-electron chi connectivity index (χ3n) is 5.39. The molecule has 2 N–H and O–H groups in total. The summed E-state index contributed by atoms with van der Waals surface area (Å²) in [5.41, 5.74) is 2.40. The Morgan fingerprint density at radius 2 is 2.03 bits per heavy atom. The van der Waals surface area contributed by atoms with Gasteiger partial charge >= 0.3 is 0 Å². The first-order chi connectivity index (χ1) is 15.9. The van der Waals surface area contributed by atoms with Gasteiger partial charge in [-0.05, 0) is 37.3 Å². The molecule has 2 heterocycles. The number of amides is 1. The summed E-state index contributed by atoms with van der Waals surface area (Å²) >= 11 is 5.93. The number of nitrogens with zero attached hydrogens (tertiary/aromatic N) is 3. The number of sulfonamides is 2. The number of hydrogen-bond acceptors (Lipinski definition) is 6. The predicted molar refractivity (Wildman–Crippen MR) is 126 cm³/mol. The van der Waals surface area contributed by atoms with Gasteiger partial charge in [0.05, 0.1) is 34.1 Å². The Bertz CT molecular complexity index is 1270. The Labute approximate surface area is 203 Å². The SMILES string of the molecule is CCCS(=O)(=O)N1CCCC(CS(=O)(=O)NNC(=O)c2cc(-c3cn(C)cn3)cc(Cl)c2F)C1. The number of nitrogens with one attached hydrogen (secondary N) is 2. The van der Waals surface area contributed by atoms with E-state index in [2.05, 4.69) is 4.98 Å². The van der Waals surface area contributed by atoms with E-state index < -0.39 is 43.3 Å². The molecule has 1 aliphatic heterocycles. The van der Waals surface area contributed by atoms with Crippen molar-refractivity contribution in [1.29, 1.82) is 0 Å². The van der Waals surface area contributed by atoms with Crippen molar-refractivity contribution in [3.05, 3.63) is 41.1 Å². The van der Waals surface area contributed by atoms with Crippen LogP contribution in [0.25, 0.3) is 11.3 Å². The molecule has 1 aliphatic rings. The summed E-state index contributed by atoms with van der Waals surface area (Å²) in [6, 6.07) is 2.55. The fourth-order valence-corrected chi connectivity index (χ4v) is 6.87. The number of aryl methyl sites for hydroxylation is 1. The first-order valence-corrected chi connectivity index (χ1v) is 14.3. The van der Waals surface area contributed by atoms with Gasteiger partial charge in [0.2, 0.25) is 20.0 Å². The highest BCUT2D eigenvalue weighted by molar-refractivity contribution is 7.89. The van der Waals surface area contributed by atoms with Crippen molar-refractivity contribution < 1.29 is 26.0 Å². The molecule has 1 unspecified atom stereocenters. The second kappa shape index (κ2) is 10.7. The lowest BCUT2D eigenvalue weighted by Crippen LogP contribution is -2.47. The van der Waals surface area contributed by atoms with E-state index in [0.29, 0.717) is 37.1 Å². The quantitative estimate of drug-likeness (QED) is 0.472. The molecule has 1 saturated heterocycles. The number of piperidine rings is 1. The number of aromatic nitrogens is 2. The van der Waals surface area contributed by atoms with Crippen LogP contribution in [0, 0.1) is 11.7 Å². The van der Waals surface area contributed by atoms with Crippen molar-refractivity contribution in [3.63, 3.8) is 0 Å². The minimum atomic E-state index is -4.02. The maximum atomic E-state index is 14.5. The normalized spacial score (nSPS) is 17.6. The van der Waals surface area contributed by atoms with E-state index in [0.717, 1.165) is 0 Å². The molecule has 0 aliphatic carbocycles. The molecule has 3 rings (SSSR count). The standard InChI is InChI=1S/C20H27ClFN5O5S2/c1-3-7-34(31,32)27-6-4-5-14(10-27)12-33(29,30)25-24-20(28)16-8-15(9-17(21)19(16)22)18-11-26(2)13-23-18/h8-9,11,13-14,25H,3-7,10,12H2,1-2H3,(H,24,28). The maximum absolute atomic E-state index is 14.5. The lowest BCUT2D eigenvalue weighted by molar-refractivity contribution is 0.0941. The van der Waals surface area contributed by atoms with Gasteiger partial charge in [-0.2, -0.15) is 0 Å². The lowest BCUT2D eigenvalue weighted by atomic mass is 10.0. The summed E-state index contributed by atoms with van der Waals surface area (Å²) < 4.78 is 67.2. The molecule has 1 atom stereocenters. The number of hydrazine groups is 1. The Kier molecular flexibility index (Phi) is 8.34. The van der Waals surface area contributed by atoms with E-state index in [1.54, 1.807) is 24.7 Å². The average molecular weight is 536 g/mol. The fraction of sp³-hybridized carbons (Fsp3) is 0.500. The monoisotopic (exact) mass is 535 g/mol. The summed E-state index contributed by atoms with van der Waals surface area (Å²) in [5, 5.41) is -0.313. The Morgan fingerprint density at radius 3 is 2.68 bits per heavy atom. The van der Waals surface area contributed by atoms with Crippen LogP contribution in [0.4, 0.5) is 4.39 Å². The van der Waals surface area contributed by atoms with Gasteiger partial charge in [-0.25, -0.2) is 30.5 Å². The molecule has 10 nitrogen and oxygen atoms in total. The topological polar surface area (TPSA) is 130 Å². The van der Waals surface area contributed by atoms with Gasteiger partial charge in [0, 0.05) is 31.9 Å². The molecule has 1 aromatic heterocycles. The van der Waals surface area contributed by atoms with Crippen LogP contribution >= 0.6 is 11.6 Å². The number of carbonyl (C=O) groups is 1. The van der Waals surface area contributed by atoms with E-state index in [1.807, 2.05) is 10.3 Å². The van der Waals surface area contributed by atoms with Gasteiger partial charge in [-0.3, -0.25) is 10.2 Å². The highest BCUT2D eigenvalue weighted by Gasteiger charge is 2.31. The van der Waals surface area contributed by atoms with Crippen LogP contribution < -0.4 is 10.3 Å². The minimum Gasteiger partial charge on any atom is -0.340 e. The number of imidazole rings is 1. The third kappa shape index (κ3) is 6.54. The molecular weight excluding hydrogens is 509 g/mol. The van der Waals surface area contributed by atoms with E-state index in [-0.39, 0.29) is 23.1 Å². The summed E-state index contributed by atoms with van der Waals surface area (Å²) in [5.74, 6) is -2.85. The van der Waals surface area contributed by atoms with Crippen molar-refractivity contribution in [2.75, 3.05) is 24.6 Å². The van der Waals surface area contributed by atoms with E-state index in [1.165, 1.54) is 22.8 Å². The van der Waals surface area contributed by atoms with Crippen molar-refractivity contribution in [3.8, 4) is 11.3 Å². The molecule has 1 aromatic carbocycles. The highest BCUT2D eigenvalue weighted by Crippen LogP contribution is 2.27. The van der Waals surface area contributed by atoms with Gasteiger partial charge in [0.15, 0.2) is 5.82 Å². The minimum absolute atomic E-state index is 0.00641. The Hall–Kier alpha value is -2.06. The van der Waals surface area contributed by atoms with Crippen LogP contribution in [0.5, 0.6) is 0 Å². The molecule has 1 amide bonds. The Morgan fingerprint density at radius 1 is 1.29 bits per heavy atom. The van der Waals surface area contributed by atoms with Crippen LogP contribution in [0.2, 0.25) is 5.02 Å². The van der Waals surface area contributed by atoms with Crippen LogP contribution in [-0.2, 0) is 27.1 Å². The van der Waals surface area contributed by atoms with Crippen molar-refractivity contribution >= 4 is 37.6 Å². The zero-order valence-electron chi connectivity index (χ0n) is 18.8. The second-order valence-corrected chi connectivity index (χ2v) is 12.5. The molecule has 0 radical (unpaired) electrons. The number of carbonyl (C=O) groups excluding carboxylic acids is 1. The molecule has 188 valence electrons. The summed E-state index contributed by atoms with van der Waals surface area (Å²) in [4.78, 5) is 18.7. The smallest absolute Gasteiger partial charge is 0.269 e. The van der Waals surface area contributed by atoms with Crippen LogP contribution in [0.1, 0.15) is 36.5 Å². The largest absolute Gasteiger partial charge is 0.340 e. The van der Waals surface area contributed by atoms with Gasteiger partial charge < -0.3 is 4.57 Å². The van der Waals surface area contributed by atoms with E-state index in [9.17, 15) is 26.0 Å². The predicted octanol–water partition coefficient (Wildman–Crippen LogP) is 1.90. The third-order valence-corrected chi connectivity index (χ3v) is 9.03. The summed E-state index contributed by atoms with van der Waals surface area (Å²) in [6.07, 6.45) is 4.73. The first kappa shape index (κ1) is 26.5. The average Bonchev–Trinajstić information content (AvgIpc) is 3.20. The highest BCUT2D eigenvalue weighted by atomic mass is 35.5. The molecule has 34 heavy (non-hydrogen) atoms. The van der Waals surface area contributed by atoms with Gasteiger partial charge in [0.1, 0.15) is 0 Å². The number of halogens is 2. The van der Waals surface area contributed by atoms with Crippen LogP contribution in [0.15, 0.2) is 24.7 Å². The number of hydrogen-bond donors (Lipinski definition) is 2. The first-order valence-electron chi connectivity index (χ1n) is 10.7. The molecule has 0 spiro atoms. The zero-order chi connectivity index (χ0) is 25.1. The molecule has 1 fully saturated rings. The molecule has 14 heteroatoms. The zero-order valence-corrected chi connectivity index (χ0v) is 21.2. The molecule has 2 aromatic rings. The summed E-state index contributed by atoms with van der Waals surface area (Å²) in [6.45, 7) is 2.21. The van der Waals surface area contributed by atoms with Crippen molar-refractivity contribution in [2.24, 2.45) is 13.0 Å². The van der Waals surface area contributed by atoms with Crippen molar-refractivity contribution in [1.82, 2.24) is 24.1 Å². The van der Waals surface area contributed by atoms with Crippen LogP contribution in [0.3, 0.4) is 0 Å². The number of benzene rings is 1. The molecule has 0 saturated carbocycles. The summed E-state index contributed by atoms with van der Waals surface area (Å²) in [7, 11) is -5.71. The van der Waals surface area contributed by atoms with Crippen LogP contribution in [-0.4, -0.2) is 61.2 Å². The number of rotatable bonds is 9. The molecular formula is C20H27ClFN5O5S2. The second-order valence-electron chi connectivity index (χ2n) is 8.26. The van der Waals surface area contributed by atoms with E-state index >= 15 is 0 Å². The maximum Gasteiger partial charge on any atom is 0.269 e.